The zero-order valence-electron chi connectivity index (χ0n) is 23.8. The van der Waals surface area contributed by atoms with Gasteiger partial charge in [-0.2, -0.15) is 0 Å². The molecule has 9 rings (SSSR count). The topological polar surface area (TPSA) is 43.4 Å². The van der Waals surface area contributed by atoms with E-state index < -0.39 is 0 Å². The van der Waals surface area contributed by atoms with Gasteiger partial charge in [0, 0.05) is 37.1 Å². The number of para-hydroxylation sites is 1. The fourth-order valence-electron chi connectivity index (χ4n) is 6.57. The summed E-state index contributed by atoms with van der Waals surface area (Å²) in [6, 6.07) is 51.6. The third-order valence-electron chi connectivity index (χ3n) is 8.62. The van der Waals surface area contributed by atoms with Gasteiger partial charge in [-0.25, -0.2) is 0 Å². The Hall–Kier alpha value is -5.23. The first-order valence-corrected chi connectivity index (χ1v) is 15.7. The highest BCUT2D eigenvalue weighted by Crippen LogP contribution is 2.42. The second kappa shape index (κ2) is 10.2. The van der Waals surface area contributed by atoms with Crippen LogP contribution in [0.1, 0.15) is 23.6 Å². The quantitative estimate of drug-likeness (QED) is 0.220. The van der Waals surface area contributed by atoms with Gasteiger partial charge in [-0.3, -0.25) is 5.32 Å². The molecule has 1 aliphatic rings. The maximum atomic E-state index is 5.26. The van der Waals surface area contributed by atoms with Gasteiger partial charge in [0.2, 0.25) is 0 Å². The molecule has 0 spiro atoms. The number of benzene rings is 6. The van der Waals surface area contributed by atoms with Crippen LogP contribution in [0, 0.1) is 0 Å². The standard InChI is InChI=1S/C39H27N4S/c1-3-12-25(13-4-1)37-40-38(26-14-5-2-6-15-26)42-39(41-37)43-33-20-9-7-16-29(33)30-23-22-27(24-34(30)43)28-18-11-19-32-31-17-8-10-21-35(31)44-36(28)32/h1-24,37,39,41H/q-1. The molecule has 8 aromatic rings. The third-order valence-corrected chi connectivity index (χ3v) is 9.84. The first kappa shape index (κ1) is 25.3. The molecule has 0 fully saturated rings. The minimum atomic E-state index is -0.356. The summed E-state index contributed by atoms with van der Waals surface area (Å²) >= 11 is 1.87. The van der Waals surface area contributed by atoms with Crippen LogP contribution >= 0.6 is 11.3 Å². The van der Waals surface area contributed by atoms with E-state index in [0.717, 1.165) is 28.0 Å². The largest absolute Gasteiger partial charge is 0.445 e. The minimum Gasteiger partial charge on any atom is -0.445 e. The summed E-state index contributed by atoms with van der Waals surface area (Å²) in [5, 5.41) is 14.1. The van der Waals surface area contributed by atoms with Crippen molar-refractivity contribution in [1.29, 1.82) is 0 Å². The first-order valence-electron chi connectivity index (χ1n) is 14.9. The van der Waals surface area contributed by atoms with E-state index in [1.165, 1.54) is 42.1 Å². The Kier molecular flexibility index (Phi) is 5.86. The van der Waals surface area contributed by atoms with Crippen molar-refractivity contribution in [3.8, 4) is 11.1 Å². The molecule has 0 aliphatic carbocycles. The van der Waals surface area contributed by atoms with Crippen LogP contribution in [0.3, 0.4) is 0 Å². The molecule has 2 atom stereocenters. The maximum absolute atomic E-state index is 5.26. The Morgan fingerprint density at radius 1 is 0.591 bits per heavy atom. The van der Waals surface area contributed by atoms with Crippen LogP contribution < -0.4 is 5.32 Å². The third kappa shape index (κ3) is 4.05. The molecular formula is C39H27N4S-. The number of rotatable bonds is 4. The molecule has 2 unspecified atom stereocenters. The Morgan fingerprint density at radius 2 is 1.30 bits per heavy atom. The van der Waals surface area contributed by atoms with Crippen molar-refractivity contribution in [2.24, 2.45) is 4.99 Å². The normalized spacial score (nSPS) is 16.9. The molecule has 0 amide bonds. The highest BCUT2D eigenvalue weighted by atomic mass is 32.1. The van der Waals surface area contributed by atoms with Gasteiger partial charge < -0.3 is 14.9 Å². The zero-order valence-corrected chi connectivity index (χ0v) is 24.6. The van der Waals surface area contributed by atoms with Crippen molar-refractivity contribution in [3.63, 3.8) is 0 Å². The van der Waals surface area contributed by atoms with Crippen molar-refractivity contribution in [3.05, 3.63) is 162 Å². The Balaban J connectivity index is 1.25. The molecule has 0 radical (unpaired) electrons. The average Bonchev–Trinajstić information content (AvgIpc) is 3.64. The number of fused-ring (bicyclic) bond motifs is 6. The summed E-state index contributed by atoms with van der Waals surface area (Å²) < 4.78 is 4.99. The fraction of sp³-hybridized carbons (Fsp3) is 0.0513. The van der Waals surface area contributed by atoms with Crippen LogP contribution in [0.15, 0.2) is 151 Å². The second-order valence-electron chi connectivity index (χ2n) is 11.2. The van der Waals surface area contributed by atoms with Gasteiger partial charge in [0.1, 0.15) is 0 Å². The van der Waals surface area contributed by atoms with E-state index in [0.29, 0.717) is 0 Å². The van der Waals surface area contributed by atoms with Crippen LogP contribution in [0.5, 0.6) is 0 Å². The van der Waals surface area contributed by atoms with Gasteiger partial charge in [-0.05, 0) is 40.5 Å². The molecular weight excluding hydrogens is 557 g/mol. The number of aliphatic imine (C=N–C) groups is 1. The summed E-state index contributed by atoms with van der Waals surface area (Å²) in [6.45, 7) is 0. The molecule has 1 N–H and O–H groups in total. The lowest BCUT2D eigenvalue weighted by molar-refractivity contribution is 0.413. The van der Waals surface area contributed by atoms with E-state index in [9.17, 15) is 0 Å². The van der Waals surface area contributed by atoms with Gasteiger partial charge in [-0.1, -0.05) is 133 Å². The summed E-state index contributed by atoms with van der Waals surface area (Å²) in [7, 11) is 0. The fourth-order valence-corrected chi connectivity index (χ4v) is 7.81. The Labute approximate surface area is 258 Å². The predicted molar refractivity (Wildman–Crippen MR) is 185 cm³/mol. The highest BCUT2D eigenvalue weighted by Gasteiger charge is 2.22. The smallest absolute Gasteiger partial charge is 0.0934 e. The average molecular weight is 584 g/mol. The number of aromatic nitrogens is 1. The lowest BCUT2D eigenvalue weighted by Gasteiger charge is -2.41. The molecule has 5 heteroatoms. The van der Waals surface area contributed by atoms with E-state index in [2.05, 4.69) is 131 Å². The van der Waals surface area contributed by atoms with Gasteiger partial charge in [0.25, 0.3) is 0 Å². The minimum absolute atomic E-state index is 0.236. The maximum Gasteiger partial charge on any atom is 0.0934 e. The number of hydrogen-bond acceptors (Lipinski definition) is 3. The lowest BCUT2D eigenvalue weighted by Crippen LogP contribution is -2.35. The monoisotopic (exact) mass is 583 g/mol. The van der Waals surface area contributed by atoms with E-state index in [1.807, 2.05) is 35.6 Å². The Morgan fingerprint density at radius 3 is 2.16 bits per heavy atom. The molecule has 0 saturated carbocycles. The number of thiophene rings is 1. The highest BCUT2D eigenvalue weighted by molar-refractivity contribution is 7.26. The van der Waals surface area contributed by atoms with Crippen LogP contribution in [0.25, 0.3) is 58.4 Å². The molecule has 210 valence electrons. The number of nitrogens with one attached hydrogen (secondary N) is 1. The van der Waals surface area contributed by atoms with Crippen LogP contribution in [0.2, 0.25) is 0 Å². The molecule has 6 aromatic carbocycles. The van der Waals surface area contributed by atoms with Crippen molar-refractivity contribution < 1.29 is 0 Å². The van der Waals surface area contributed by atoms with E-state index in [4.69, 9.17) is 10.3 Å². The molecule has 1 aliphatic heterocycles. The van der Waals surface area contributed by atoms with Crippen molar-refractivity contribution >= 4 is 59.2 Å². The lowest BCUT2D eigenvalue weighted by atomic mass is 10.0. The number of hydrogen-bond donors (Lipinski definition) is 1. The van der Waals surface area contributed by atoms with Gasteiger partial charge >= 0.3 is 0 Å². The van der Waals surface area contributed by atoms with E-state index >= 15 is 0 Å². The van der Waals surface area contributed by atoms with Crippen LogP contribution in [0.4, 0.5) is 0 Å². The van der Waals surface area contributed by atoms with Gasteiger partial charge in [-0.15, -0.1) is 11.3 Å². The molecule has 4 nitrogen and oxygen atoms in total. The Bertz CT molecular complexity index is 2350. The summed E-state index contributed by atoms with van der Waals surface area (Å²) in [4.78, 5) is 5.09. The predicted octanol–water partition coefficient (Wildman–Crippen LogP) is 10.4. The first-order chi connectivity index (χ1) is 21.8. The SMILES string of the molecule is c1ccc(C2=NC(c3ccccc3)NC(n3c4ccccc4c4ccc(-c5cccc6c5sc5ccccc56)cc43)[N-]2)cc1. The van der Waals surface area contributed by atoms with Crippen LogP contribution in [-0.4, -0.2) is 10.4 Å². The van der Waals surface area contributed by atoms with Crippen molar-refractivity contribution in [2.75, 3.05) is 0 Å². The summed E-state index contributed by atoms with van der Waals surface area (Å²) in [5.41, 5.74) is 6.86. The van der Waals surface area contributed by atoms with Gasteiger partial charge in [0.15, 0.2) is 0 Å². The zero-order chi connectivity index (χ0) is 29.0. The van der Waals surface area contributed by atoms with E-state index in [-0.39, 0.29) is 12.5 Å². The van der Waals surface area contributed by atoms with E-state index in [1.54, 1.807) is 0 Å². The number of amidine groups is 1. The van der Waals surface area contributed by atoms with Gasteiger partial charge in [0.05, 0.1) is 17.3 Å². The molecule has 44 heavy (non-hydrogen) atoms. The second-order valence-corrected chi connectivity index (χ2v) is 12.3. The molecule has 2 aromatic heterocycles. The molecule has 3 heterocycles. The number of nitrogens with zero attached hydrogens (tertiary/aromatic N) is 3. The van der Waals surface area contributed by atoms with Crippen molar-refractivity contribution in [1.82, 2.24) is 9.88 Å². The molecule has 0 bridgehead atoms. The van der Waals surface area contributed by atoms with Crippen molar-refractivity contribution in [2.45, 2.75) is 12.5 Å². The molecule has 0 saturated heterocycles. The van der Waals surface area contributed by atoms with Crippen LogP contribution in [-0.2, 0) is 0 Å². The summed E-state index contributed by atoms with van der Waals surface area (Å²) in [5.74, 6) is 0.750. The summed E-state index contributed by atoms with van der Waals surface area (Å²) in [6.07, 6.45) is -0.591.